The van der Waals surface area contributed by atoms with E-state index in [-0.39, 0.29) is 11.9 Å². The molecule has 0 fully saturated rings. The van der Waals surface area contributed by atoms with Gasteiger partial charge in [-0.15, -0.1) is 0 Å². The predicted octanol–water partition coefficient (Wildman–Crippen LogP) is 6.40. The molecule has 140 valence electrons. The van der Waals surface area contributed by atoms with Crippen molar-refractivity contribution in [2.24, 2.45) is 5.10 Å². The van der Waals surface area contributed by atoms with Crippen molar-refractivity contribution in [3.05, 3.63) is 105 Å². The van der Waals surface area contributed by atoms with Crippen LogP contribution in [0.2, 0.25) is 5.02 Å². The lowest BCUT2D eigenvalue weighted by atomic mass is 9.97. The highest BCUT2D eigenvalue weighted by atomic mass is 79.9. The van der Waals surface area contributed by atoms with Gasteiger partial charge in [-0.05, 0) is 58.2 Å². The van der Waals surface area contributed by atoms with Crippen LogP contribution in [0.5, 0.6) is 0 Å². The summed E-state index contributed by atoms with van der Waals surface area (Å²) in [7, 11) is 0. The monoisotopic (exact) mass is 452 g/mol. The first-order valence-electron chi connectivity index (χ1n) is 9.01. The largest absolute Gasteiger partial charge is 0.275 e. The number of halogens is 2. The minimum absolute atomic E-state index is 0.130. The molecule has 1 heterocycles. The van der Waals surface area contributed by atoms with Gasteiger partial charge in [0.05, 0.1) is 17.3 Å². The number of carbonyl (C=O) groups excluding carboxylic acids is 1. The van der Waals surface area contributed by atoms with Crippen molar-refractivity contribution < 1.29 is 4.79 Å². The van der Waals surface area contributed by atoms with Gasteiger partial charge < -0.3 is 0 Å². The van der Waals surface area contributed by atoms with E-state index in [0.717, 1.165) is 21.3 Å². The van der Waals surface area contributed by atoms with Gasteiger partial charge in [0.15, 0.2) is 0 Å². The molecule has 0 saturated heterocycles. The number of nitrogens with zero attached hydrogens (tertiary/aromatic N) is 2. The molecule has 0 bridgehead atoms. The standard InChI is InChI=1S/C23H18BrClN2O/c1-15-6-8-16(9-7-15)21-14-22(17-10-12-18(25)13-11-17)27(26-21)23(28)19-4-2-3-5-20(19)24/h2-13,22H,14H2,1H3/t22-/m0/s1. The van der Waals surface area contributed by atoms with Crippen LogP contribution >= 0.6 is 27.5 Å². The van der Waals surface area contributed by atoms with E-state index in [1.807, 2.05) is 48.5 Å². The normalized spacial score (nSPS) is 16.2. The molecule has 1 atom stereocenters. The number of hydrogen-bond acceptors (Lipinski definition) is 2. The van der Waals surface area contributed by atoms with Gasteiger partial charge in [-0.3, -0.25) is 4.79 Å². The van der Waals surface area contributed by atoms with E-state index in [1.54, 1.807) is 5.01 Å². The third-order valence-corrected chi connectivity index (χ3v) is 5.81. The van der Waals surface area contributed by atoms with Gasteiger partial charge >= 0.3 is 0 Å². The molecule has 1 aliphatic rings. The molecule has 1 amide bonds. The van der Waals surface area contributed by atoms with E-state index in [1.165, 1.54) is 5.56 Å². The third-order valence-electron chi connectivity index (χ3n) is 4.86. The number of hydrogen-bond donors (Lipinski definition) is 0. The van der Waals surface area contributed by atoms with Crippen molar-refractivity contribution in [3.63, 3.8) is 0 Å². The second kappa shape index (κ2) is 7.90. The molecule has 0 spiro atoms. The molecule has 3 aromatic carbocycles. The highest BCUT2D eigenvalue weighted by molar-refractivity contribution is 9.10. The Hall–Kier alpha value is -2.43. The smallest absolute Gasteiger partial charge is 0.267 e. The summed E-state index contributed by atoms with van der Waals surface area (Å²) >= 11 is 9.54. The first kappa shape index (κ1) is 18.9. The van der Waals surface area contributed by atoms with Crippen molar-refractivity contribution >= 4 is 39.1 Å². The summed E-state index contributed by atoms with van der Waals surface area (Å²) in [6, 6.07) is 23.1. The molecule has 3 aromatic rings. The average Bonchev–Trinajstić information content (AvgIpc) is 3.14. The second-order valence-electron chi connectivity index (χ2n) is 6.81. The second-order valence-corrected chi connectivity index (χ2v) is 8.10. The van der Waals surface area contributed by atoms with E-state index in [2.05, 4.69) is 47.1 Å². The molecule has 0 radical (unpaired) electrons. The van der Waals surface area contributed by atoms with Gasteiger partial charge in [0, 0.05) is 15.9 Å². The maximum atomic E-state index is 13.3. The Bertz CT molecular complexity index is 1040. The zero-order valence-corrected chi connectivity index (χ0v) is 17.6. The minimum Gasteiger partial charge on any atom is -0.267 e. The van der Waals surface area contributed by atoms with Crippen LogP contribution in [0.25, 0.3) is 0 Å². The predicted molar refractivity (Wildman–Crippen MR) is 117 cm³/mol. The van der Waals surface area contributed by atoms with Gasteiger partial charge in [-0.1, -0.05) is 65.7 Å². The number of amides is 1. The van der Waals surface area contributed by atoms with Crippen molar-refractivity contribution in [2.75, 3.05) is 0 Å². The Morgan fingerprint density at radius 2 is 1.71 bits per heavy atom. The van der Waals surface area contributed by atoms with E-state index >= 15 is 0 Å². The lowest BCUT2D eigenvalue weighted by molar-refractivity contribution is 0.0710. The quantitative estimate of drug-likeness (QED) is 0.451. The average molecular weight is 454 g/mol. The van der Waals surface area contributed by atoms with Gasteiger partial charge in [0.2, 0.25) is 0 Å². The Kier molecular flexibility index (Phi) is 5.33. The molecular weight excluding hydrogens is 436 g/mol. The van der Waals surface area contributed by atoms with Gasteiger partial charge in [0.1, 0.15) is 0 Å². The molecule has 0 aromatic heterocycles. The Morgan fingerprint density at radius 3 is 2.39 bits per heavy atom. The summed E-state index contributed by atoms with van der Waals surface area (Å²) < 4.78 is 0.758. The maximum absolute atomic E-state index is 13.3. The fraction of sp³-hybridized carbons (Fsp3) is 0.130. The SMILES string of the molecule is Cc1ccc(C2=NN(C(=O)c3ccccc3Br)[C@H](c3ccc(Cl)cc3)C2)cc1. The summed E-state index contributed by atoms with van der Waals surface area (Å²) in [4.78, 5) is 13.3. The molecule has 0 aliphatic carbocycles. The van der Waals surface area contributed by atoms with Crippen LogP contribution in [0.4, 0.5) is 0 Å². The van der Waals surface area contributed by atoms with Crippen molar-refractivity contribution in [1.29, 1.82) is 0 Å². The molecule has 3 nitrogen and oxygen atoms in total. The summed E-state index contributed by atoms with van der Waals surface area (Å²) in [5.74, 6) is -0.130. The van der Waals surface area contributed by atoms with Crippen molar-refractivity contribution in [3.8, 4) is 0 Å². The van der Waals surface area contributed by atoms with Gasteiger partial charge in [-0.25, -0.2) is 5.01 Å². The van der Waals surface area contributed by atoms with Crippen LogP contribution in [0.3, 0.4) is 0 Å². The van der Waals surface area contributed by atoms with Crippen LogP contribution in [-0.2, 0) is 0 Å². The van der Waals surface area contributed by atoms with Crippen LogP contribution in [0.15, 0.2) is 82.4 Å². The first-order valence-corrected chi connectivity index (χ1v) is 10.2. The molecule has 4 rings (SSSR count). The summed E-state index contributed by atoms with van der Waals surface area (Å²) in [5, 5.41) is 7.00. The summed E-state index contributed by atoms with van der Waals surface area (Å²) in [6.45, 7) is 2.06. The highest BCUT2D eigenvalue weighted by Crippen LogP contribution is 2.35. The van der Waals surface area contributed by atoms with Crippen LogP contribution in [0, 0.1) is 6.92 Å². The number of rotatable bonds is 3. The minimum atomic E-state index is -0.173. The zero-order chi connectivity index (χ0) is 19.7. The number of aryl methyl sites for hydroxylation is 1. The Morgan fingerprint density at radius 1 is 1.04 bits per heavy atom. The number of hydrazone groups is 1. The maximum Gasteiger partial charge on any atom is 0.275 e. The van der Waals surface area contributed by atoms with Crippen LogP contribution in [0.1, 0.15) is 39.5 Å². The summed E-state index contributed by atoms with van der Waals surface area (Å²) in [5.41, 5.74) is 4.73. The molecular formula is C23H18BrClN2O. The topological polar surface area (TPSA) is 32.7 Å². The molecule has 0 N–H and O–H groups in total. The van der Waals surface area contributed by atoms with Crippen molar-refractivity contribution in [2.45, 2.75) is 19.4 Å². The zero-order valence-electron chi connectivity index (χ0n) is 15.3. The number of benzene rings is 3. The van der Waals surface area contributed by atoms with Gasteiger partial charge in [0.25, 0.3) is 5.91 Å². The van der Waals surface area contributed by atoms with E-state index in [9.17, 15) is 4.79 Å². The van der Waals surface area contributed by atoms with Crippen molar-refractivity contribution in [1.82, 2.24) is 5.01 Å². The lowest BCUT2D eigenvalue weighted by Crippen LogP contribution is -2.27. The third kappa shape index (κ3) is 3.75. The van der Waals surface area contributed by atoms with E-state index in [4.69, 9.17) is 16.7 Å². The molecule has 1 aliphatic heterocycles. The number of carbonyl (C=O) groups is 1. The first-order chi connectivity index (χ1) is 13.5. The molecule has 5 heteroatoms. The molecule has 0 unspecified atom stereocenters. The Balaban J connectivity index is 1.75. The lowest BCUT2D eigenvalue weighted by Gasteiger charge is -2.22. The van der Waals surface area contributed by atoms with E-state index in [0.29, 0.717) is 17.0 Å². The van der Waals surface area contributed by atoms with Gasteiger partial charge in [-0.2, -0.15) is 5.10 Å². The van der Waals surface area contributed by atoms with Crippen LogP contribution < -0.4 is 0 Å². The molecule has 0 saturated carbocycles. The molecule has 28 heavy (non-hydrogen) atoms. The van der Waals surface area contributed by atoms with Crippen LogP contribution in [-0.4, -0.2) is 16.6 Å². The fourth-order valence-electron chi connectivity index (χ4n) is 3.32. The Labute approximate surface area is 177 Å². The highest BCUT2D eigenvalue weighted by Gasteiger charge is 2.34. The summed E-state index contributed by atoms with van der Waals surface area (Å²) in [6.07, 6.45) is 0.654. The fourth-order valence-corrected chi connectivity index (χ4v) is 3.90. The van der Waals surface area contributed by atoms with E-state index < -0.39 is 0 Å².